The van der Waals surface area contributed by atoms with Crippen molar-refractivity contribution < 1.29 is 34.1 Å². The molecule has 0 aliphatic rings. The lowest BCUT2D eigenvalue weighted by molar-refractivity contribution is -0.147. The van der Waals surface area contributed by atoms with Crippen LogP contribution in [0.2, 0.25) is 0 Å². The van der Waals surface area contributed by atoms with Crippen molar-refractivity contribution in [1.82, 2.24) is 5.32 Å². The van der Waals surface area contributed by atoms with Gasteiger partial charge in [0, 0.05) is 11.1 Å². The van der Waals surface area contributed by atoms with Crippen LogP contribution in [0, 0.1) is 0 Å². The van der Waals surface area contributed by atoms with Crippen molar-refractivity contribution in [3.8, 4) is 5.75 Å². The van der Waals surface area contributed by atoms with Gasteiger partial charge in [-0.15, -0.1) is 0 Å². The second kappa shape index (κ2) is 11.5. The zero-order chi connectivity index (χ0) is 23.7. The number of hydrogen-bond acceptors (Lipinski definition) is 7. The second-order valence-corrected chi connectivity index (χ2v) is 6.97. The monoisotopic (exact) mass is 456 g/mol. The van der Waals surface area contributed by atoms with Gasteiger partial charge in [0.15, 0.2) is 5.78 Å². The third kappa shape index (κ3) is 7.42. The van der Waals surface area contributed by atoms with Gasteiger partial charge in [-0.2, -0.15) is 4.99 Å². The van der Waals surface area contributed by atoms with Gasteiger partial charge in [0.05, 0.1) is 23.7 Å². The summed E-state index contributed by atoms with van der Waals surface area (Å²) in [7, 11) is 0. The van der Waals surface area contributed by atoms with Crippen LogP contribution in [0.4, 0.5) is 5.69 Å². The molecule has 0 radical (unpaired) electrons. The Labute approximate surface area is 188 Å². The smallest absolute Gasteiger partial charge is 0.326 e. The quantitative estimate of drug-likeness (QED) is 0.266. The predicted molar refractivity (Wildman–Crippen MR) is 118 cm³/mol. The Morgan fingerprint density at radius 1 is 1.00 bits per heavy atom. The highest BCUT2D eigenvalue weighted by atomic mass is 32.1. The van der Waals surface area contributed by atoms with Crippen molar-refractivity contribution in [2.75, 3.05) is 0 Å². The van der Waals surface area contributed by atoms with Crippen molar-refractivity contribution in [2.45, 2.75) is 31.9 Å². The molecule has 0 aliphatic heterocycles. The fraction of sp³-hybridized carbons (Fsp3) is 0.227. The largest absolute Gasteiger partial charge is 0.490 e. The minimum absolute atomic E-state index is 0.180. The highest BCUT2D eigenvalue weighted by Gasteiger charge is 2.24. The number of carboxylic acids is 2. The Balaban J connectivity index is 1.94. The number of hydrogen-bond donors (Lipinski definition) is 3. The number of isothiocyanates is 1. The maximum Gasteiger partial charge on any atom is 0.326 e. The molecule has 2 atom stereocenters. The Morgan fingerprint density at radius 2 is 1.56 bits per heavy atom. The molecular weight excluding hydrogens is 436 g/mol. The maximum atomic E-state index is 12.6. The molecule has 10 heteroatoms. The van der Waals surface area contributed by atoms with Gasteiger partial charge in [-0.3, -0.25) is 14.4 Å². The van der Waals surface area contributed by atoms with Crippen LogP contribution in [0.3, 0.4) is 0 Å². The Kier molecular flexibility index (Phi) is 8.76. The molecule has 2 unspecified atom stereocenters. The first-order valence-electron chi connectivity index (χ1n) is 9.43. The number of ether oxygens (including phenoxy) is 1. The molecule has 1 amide bonds. The molecule has 166 valence electrons. The summed E-state index contributed by atoms with van der Waals surface area (Å²) in [5, 5.41) is 22.1. The molecule has 0 fully saturated rings. The summed E-state index contributed by atoms with van der Waals surface area (Å²) < 4.78 is 5.63. The Bertz CT molecular complexity index is 1040. The van der Waals surface area contributed by atoms with Crippen molar-refractivity contribution in [2.24, 2.45) is 4.99 Å². The van der Waals surface area contributed by atoms with E-state index in [9.17, 15) is 19.2 Å². The predicted octanol–water partition coefficient (Wildman–Crippen LogP) is 2.85. The minimum atomic E-state index is -1.52. The highest BCUT2D eigenvalue weighted by Crippen LogP contribution is 2.19. The van der Waals surface area contributed by atoms with E-state index in [4.69, 9.17) is 14.9 Å². The lowest BCUT2D eigenvalue weighted by Crippen LogP contribution is -2.43. The molecule has 0 spiro atoms. The number of rotatable bonds is 11. The number of ketones is 1. The molecule has 0 aromatic heterocycles. The molecule has 0 aliphatic carbocycles. The summed E-state index contributed by atoms with van der Waals surface area (Å²) >= 11 is 4.54. The molecule has 32 heavy (non-hydrogen) atoms. The first kappa shape index (κ1) is 24.4. The molecular formula is C22H20N2O7S. The van der Waals surface area contributed by atoms with E-state index in [0.29, 0.717) is 22.6 Å². The molecule has 0 bridgehead atoms. The van der Waals surface area contributed by atoms with Crippen LogP contribution in [0.15, 0.2) is 53.5 Å². The standard InChI is InChI=1S/C22H20N2O7S/c1-13(10-19(25)24-18(22(29)30)11-20(26)27)31-17-8-4-15(5-9-17)21(28)14-2-6-16(7-3-14)23-12-32/h2-9,13,18H,10-11H2,1H3,(H,24,25)(H,26,27)(H,29,30). The Morgan fingerprint density at radius 3 is 2.06 bits per heavy atom. The van der Waals surface area contributed by atoms with Crippen molar-refractivity contribution in [3.05, 3.63) is 59.7 Å². The van der Waals surface area contributed by atoms with Gasteiger partial charge in [0.1, 0.15) is 17.9 Å². The number of nitrogens with one attached hydrogen (secondary N) is 1. The first-order chi connectivity index (χ1) is 15.2. The van der Waals surface area contributed by atoms with Gasteiger partial charge >= 0.3 is 11.9 Å². The van der Waals surface area contributed by atoms with Crippen molar-refractivity contribution in [3.63, 3.8) is 0 Å². The van der Waals surface area contributed by atoms with Gasteiger partial charge < -0.3 is 20.3 Å². The molecule has 2 aromatic carbocycles. The lowest BCUT2D eigenvalue weighted by Gasteiger charge is -2.17. The summed E-state index contributed by atoms with van der Waals surface area (Å²) in [5.41, 5.74) is 1.50. The average Bonchev–Trinajstić information content (AvgIpc) is 2.73. The van der Waals surface area contributed by atoms with E-state index < -0.39 is 36.4 Å². The number of carbonyl (C=O) groups is 4. The van der Waals surface area contributed by atoms with Gasteiger partial charge in [-0.25, -0.2) is 4.79 Å². The van der Waals surface area contributed by atoms with Gasteiger partial charge in [-0.05, 0) is 67.7 Å². The van der Waals surface area contributed by atoms with Crippen LogP contribution in [0.1, 0.15) is 35.7 Å². The van der Waals surface area contributed by atoms with Gasteiger partial charge in [0.25, 0.3) is 0 Å². The zero-order valence-corrected chi connectivity index (χ0v) is 17.8. The van der Waals surface area contributed by atoms with E-state index in [1.165, 1.54) is 0 Å². The lowest BCUT2D eigenvalue weighted by atomic mass is 10.0. The van der Waals surface area contributed by atoms with Crippen molar-refractivity contribution in [1.29, 1.82) is 0 Å². The van der Waals surface area contributed by atoms with Crippen LogP contribution < -0.4 is 10.1 Å². The van der Waals surface area contributed by atoms with Crippen LogP contribution in [-0.2, 0) is 14.4 Å². The summed E-state index contributed by atoms with van der Waals surface area (Å²) in [6, 6.07) is 11.4. The minimum Gasteiger partial charge on any atom is -0.490 e. The van der Waals surface area contributed by atoms with Crippen molar-refractivity contribution >= 4 is 46.7 Å². The summed E-state index contributed by atoms with van der Waals surface area (Å²) in [4.78, 5) is 50.1. The van der Waals surface area contributed by atoms with E-state index in [-0.39, 0.29) is 12.2 Å². The van der Waals surface area contributed by atoms with Crippen LogP contribution in [0.25, 0.3) is 0 Å². The number of benzene rings is 2. The maximum absolute atomic E-state index is 12.6. The Hall–Kier alpha value is -3.88. The van der Waals surface area contributed by atoms with E-state index in [0.717, 1.165) is 0 Å². The molecule has 3 N–H and O–H groups in total. The molecule has 9 nitrogen and oxygen atoms in total. The molecule has 0 heterocycles. The van der Waals surface area contributed by atoms with Crippen LogP contribution in [0.5, 0.6) is 5.75 Å². The van der Waals surface area contributed by atoms with E-state index in [1.807, 2.05) is 0 Å². The van der Waals surface area contributed by atoms with Gasteiger partial charge in [-0.1, -0.05) is 0 Å². The number of aliphatic carboxylic acids is 2. The average molecular weight is 456 g/mol. The fourth-order valence-corrected chi connectivity index (χ4v) is 2.86. The number of thiocarbonyl (C=S) groups is 1. The summed E-state index contributed by atoms with van der Waals surface area (Å²) in [5.74, 6) is -3.21. The molecule has 2 rings (SSSR count). The van der Waals surface area contributed by atoms with E-state index in [1.54, 1.807) is 55.5 Å². The number of aliphatic imine (C=N–C) groups is 1. The topological polar surface area (TPSA) is 142 Å². The van der Waals surface area contributed by atoms with E-state index >= 15 is 0 Å². The number of amides is 1. The summed E-state index contributed by atoms with van der Waals surface area (Å²) in [6.45, 7) is 1.61. The van der Waals surface area contributed by atoms with Crippen LogP contribution in [-0.4, -0.2) is 51.1 Å². The number of carboxylic acid groups (broad SMARTS) is 2. The molecule has 0 saturated heterocycles. The third-order valence-electron chi connectivity index (χ3n) is 4.24. The molecule has 0 saturated carbocycles. The van der Waals surface area contributed by atoms with Crippen LogP contribution >= 0.6 is 12.2 Å². The number of nitrogens with zero attached hydrogens (tertiary/aromatic N) is 1. The summed E-state index contributed by atoms with van der Waals surface area (Å²) in [6.07, 6.45) is -1.53. The normalized spacial score (nSPS) is 12.0. The third-order valence-corrected chi connectivity index (χ3v) is 4.33. The SMILES string of the molecule is CC(CC(=O)NC(CC(=O)O)C(=O)O)Oc1ccc(C(=O)c2ccc(N=C=S)cc2)cc1. The van der Waals surface area contributed by atoms with Gasteiger partial charge in [0.2, 0.25) is 5.91 Å². The van der Waals surface area contributed by atoms with E-state index in [2.05, 4.69) is 27.7 Å². The first-order valence-corrected chi connectivity index (χ1v) is 9.83. The number of carbonyl (C=O) groups excluding carboxylic acids is 2. The molecule has 2 aromatic rings. The zero-order valence-electron chi connectivity index (χ0n) is 17.0. The second-order valence-electron chi connectivity index (χ2n) is 6.79. The highest BCUT2D eigenvalue weighted by molar-refractivity contribution is 7.78. The fourth-order valence-electron chi connectivity index (χ4n) is 2.75.